The molecular formula is C22H23FN2O2. The van der Waals surface area contributed by atoms with E-state index < -0.39 is 0 Å². The number of likely N-dealkylation sites (tertiary alicyclic amines) is 1. The highest BCUT2D eigenvalue weighted by atomic mass is 19.1. The van der Waals surface area contributed by atoms with Gasteiger partial charge in [0.15, 0.2) is 0 Å². The second-order valence-corrected chi connectivity index (χ2v) is 7.26. The first-order chi connectivity index (χ1) is 13.1. The van der Waals surface area contributed by atoms with Gasteiger partial charge in [0.1, 0.15) is 5.82 Å². The fourth-order valence-electron chi connectivity index (χ4n) is 4.13. The number of halogens is 1. The monoisotopic (exact) mass is 366 g/mol. The lowest BCUT2D eigenvalue weighted by molar-refractivity contribution is -0.117. The van der Waals surface area contributed by atoms with Gasteiger partial charge in [-0.25, -0.2) is 4.39 Å². The number of anilines is 1. The lowest BCUT2D eigenvalue weighted by Gasteiger charge is -2.36. The van der Waals surface area contributed by atoms with Gasteiger partial charge in [-0.1, -0.05) is 18.2 Å². The first-order valence-electron chi connectivity index (χ1n) is 9.60. The molecule has 0 spiro atoms. The maximum absolute atomic E-state index is 13.7. The Kier molecular flexibility index (Phi) is 4.92. The summed E-state index contributed by atoms with van der Waals surface area (Å²) in [6, 6.07) is 13.7. The van der Waals surface area contributed by atoms with Gasteiger partial charge in [0.2, 0.25) is 5.91 Å². The van der Waals surface area contributed by atoms with Crippen LogP contribution in [0.15, 0.2) is 48.5 Å². The molecule has 5 heteroatoms. The van der Waals surface area contributed by atoms with E-state index in [4.69, 9.17) is 0 Å². The summed E-state index contributed by atoms with van der Waals surface area (Å²) in [7, 11) is 0. The Morgan fingerprint density at radius 2 is 1.85 bits per heavy atom. The zero-order valence-corrected chi connectivity index (χ0v) is 15.2. The van der Waals surface area contributed by atoms with E-state index in [1.54, 1.807) is 17.0 Å². The summed E-state index contributed by atoms with van der Waals surface area (Å²) in [6.45, 7) is 1.36. The maximum Gasteiger partial charge on any atom is 0.254 e. The van der Waals surface area contributed by atoms with Crippen molar-refractivity contribution in [3.63, 3.8) is 0 Å². The largest absolute Gasteiger partial charge is 0.332 e. The number of benzene rings is 2. The third kappa shape index (κ3) is 3.59. The predicted molar refractivity (Wildman–Crippen MR) is 102 cm³/mol. The van der Waals surface area contributed by atoms with Crippen molar-refractivity contribution in [1.82, 2.24) is 4.90 Å². The lowest BCUT2D eigenvalue weighted by Crippen LogP contribution is -2.38. The highest BCUT2D eigenvalue weighted by Crippen LogP contribution is 2.33. The van der Waals surface area contributed by atoms with Crippen molar-refractivity contribution < 1.29 is 14.0 Å². The molecule has 140 valence electrons. The van der Waals surface area contributed by atoms with Crippen LogP contribution in [0.2, 0.25) is 0 Å². The normalized spacial score (nSPS) is 20.2. The SMILES string of the molecule is O=C1CCCN1c1cccc(C(=O)N2CCCC[C@H]2c2cccc(F)c2)c1. The minimum atomic E-state index is -0.278. The van der Waals surface area contributed by atoms with Crippen molar-refractivity contribution in [2.45, 2.75) is 38.1 Å². The zero-order valence-electron chi connectivity index (χ0n) is 15.2. The number of piperidine rings is 1. The van der Waals surface area contributed by atoms with Crippen LogP contribution in [0, 0.1) is 5.82 Å². The van der Waals surface area contributed by atoms with Crippen molar-refractivity contribution in [2.75, 3.05) is 18.0 Å². The summed E-state index contributed by atoms with van der Waals surface area (Å²) in [4.78, 5) is 28.9. The smallest absolute Gasteiger partial charge is 0.254 e. The molecular weight excluding hydrogens is 343 g/mol. The molecule has 1 atom stereocenters. The Balaban J connectivity index is 1.61. The predicted octanol–water partition coefficient (Wildman–Crippen LogP) is 4.32. The van der Waals surface area contributed by atoms with Gasteiger partial charge in [0.25, 0.3) is 5.91 Å². The van der Waals surface area contributed by atoms with E-state index in [1.807, 2.05) is 29.2 Å². The molecule has 2 aliphatic heterocycles. The van der Waals surface area contributed by atoms with Crippen LogP contribution in [0.1, 0.15) is 54.1 Å². The molecule has 2 aromatic rings. The minimum absolute atomic E-state index is 0.0579. The van der Waals surface area contributed by atoms with Gasteiger partial charge in [0.05, 0.1) is 6.04 Å². The van der Waals surface area contributed by atoms with E-state index in [0.29, 0.717) is 25.1 Å². The van der Waals surface area contributed by atoms with Crippen LogP contribution < -0.4 is 4.90 Å². The van der Waals surface area contributed by atoms with Crippen LogP contribution in [-0.4, -0.2) is 29.8 Å². The first-order valence-corrected chi connectivity index (χ1v) is 9.60. The molecule has 2 fully saturated rings. The maximum atomic E-state index is 13.7. The molecule has 2 saturated heterocycles. The highest BCUT2D eigenvalue weighted by Gasteiger charge is 2.29. The Labute approximate surface area is 158 Å². The zero-order chi connectivity index (χ0) is 18.8. The van der Waals surface area contributed by atoms with Gasteiger partial charge in [-0.2, -0.15) is 0 Å². The molecule has 0 aliphatic carbocycles. The number of rotatable bonds is 3. The van der Waals surface area contributed by atoms with Crippen LogP contribution in [0.3, 0.4) is 0 Å². The lowest BCUT2D eigenvalue weighted by atomic mass is 9.94. The molecule has 0 unspecified atom stereocenters. The molecule has 2 amide bonds. The van der Waals surface area contributed by atoms with Crippen LogP contribution in [-0.2, 0) is 4.79 Å². The molecule has 0 radical (unpaired) electrons. The van der Waals surface area contributed by atoms with Crippen LogP contribution in [0.5, 0.6) is 0 Å². The summed E-state index contributed by atoms with van der Waals surface area (Å²) in [5, 5.41) is 0. The molecule has 0 saturated carbocycles. The molecule has 4 nitrogen and oxygen atoms in total. The number of carbonyl (C=O) groups excluding carboxylic acids is 2. The first kappa shape index (κ1) is 17.7. The number of amides is 2. The quantitative estimate of drug-likeness (QED) is 0.812. The van der Waals surface area contributed by atoms with Gasteiger partial charge < -0.3 is 9.80 Å². The average molecular weight is 366 g/mol. The fraction of sp³-hybridized carbons (Fsp3) is 0.364. The second-order valence-electron chi connectivity index (χ2n) is 7.26. The fourth-order valence-corrected chi connectivity index (χ4v) is 4.13. The second kappa shape index (κ2) is 7.51. The van der Waals surface area contributed by atoms with Crippen LogP contribution in [0.4, 0.5) is 10.1 Å². The molecule has 2 aromatic carbocycles. The van der Waals surface area contributed by atoms with Crippen molar-refractivity contribution in [2.24, 2.45) is 0 Å². The molecule has 0 N–H and O–H groups in total. The van der Waals surface area contributed by atoms with E-state index in [0.717, 1.165) is 36.9 Å². The minimum Gasteiger partial charge on any atom is -0.332 e. The standard InChI is InChI=1S/C22H23FN2O2/c23-18-8-3-6-16(14-18)20-10-1-2-12-25(20)22(27)17-7-4-9-19(15-17)24-13-5-11-21(24)26/h3-4,6-9,14-15,20H,1-2,5,10-13H2/t20-/m0/s1. The molecule has 27 heavy (non-hydrogen) atoms. The summed E-state index contributed by atoms with van der Waals surface area (Å²) in [5.74, 6) is -0.229. The van der Waals surface area contributed by atoms with Gasteiger partial charge in [-0.05, 0) is 61.6 Å². The molecule has 4 rings (SSSR count). The molecule has 2 aliphatic rings. The number of nitrogens with zero attached hydrogens (tertiary/aromatic N) is 2. The average Bonchev–Trinajstić information content (AvgIpc) is 3.13. The third-order valence-corrected chi connectivity index (χ3v) is 5.48. The summed E-state index contributed by atoms with van der Waals surface area (Å²) < 4.78 is 13.7. The van der Waals surface area contributed by atoms with E-state index in [2.05, 4.69) is 0 Å². The Hall–Kier alpha value is -2.69. The topological polar surface area (TPSA) is 40.6 Å². The van der Waals surface area contributed by atoms with Crippen molar-refractivity contribution in [3.8, 4) is 0 Å². The van der Waals surface area contributed by atoms with E-state index in [-0.39, 0.29) is 23.7 Å². The van der Waals surface area contributed by atoms with E-state index >= 15 is 0 Å². The highest BCUT2D eigenvalue weighted by molar-refractivity contribution is 5.99. The van der Waals surface area contributed by atoms with Gasteiger partial charge in [0, 0.05) is 30.8 Å². The Morgan fingerprint density at radius 1 is 1.00 bits per heavy atom. The number of hydrogen-bond acceptors (Lipinski definition) is 2. The summed E-state index contributed by atoms with van der Waals surface area (Å²) in [6.07, 6.45) is 4.21. The van der Waals surface area contributed by atoms with E-state index in [1.165, 1.54) is 12.1 Å². The Morgan fingerprint density at radius 3 is 2.63 bits per heavy atom. The summed E-state index contributed by atoms with van der Waals surface area (Å²) in [5.41, 5.74) is 2.20. The van der Waals surface area contributed by atoms with Crippen LogP contribution >= 0.6 is 0 Å². The summed E-state index contributed by atoms with van der Waals surface area (Å²) >= 11 is 0. The van der Waals surface area contributed by atoms with Crippen molar-refractivity contribution in [3.05, 3.63) is 65.5 Å². The van der Waals surface area contributed by atoms with Crippen LogP contribution in [0.25, 0.3) is 0 Å². The molecule has 2 heterocycles. The molecule has 0 bridgehead atoms. The van der Waals surface area contributed by atoms with Gasteiger partial charge >= 0.3 is 0 Å². The number of carbonyl (C=O) groups is 2. The number of hydrogen-bond donors (Lipinski definition) is 0. The van der Waals surface area contributed by atoms with Crippen molar-refractivity contribution in [1.29, 1.82) is 0 Å². The third-order valence-electron chi connectivity index (χ3n) is 5.48. The van der Waals surface area contributed by atoms with Crippen molar-refractivity contribution >= 4 is 17.5 Å². The molecule has 0 aromatic heterocycles. The Bertz CT molecular complexity index is 867. The van der Waals surface area contributed by atoms with Gasteiger partial charge in [-0.15, -0.1) is 0 Å². The van der Waals surface area contributed by atoms with Gasteiger partial charge in [-0.3, -0.25) is 9.59 Å². The van der Waals surface area contributed by atoms with E-state index in [9.17, 15) is 14.0 Å².